The van der Waals surface area contributed by atoms with E-state index in [-0.39, 0.29) is 11.9 Å². The number of ether oxygens (including phenoxy) is 1. The van der Waals surface area contributed by atoms with E-state index in [0.29, 0.717) is 12.0 Å². The van der Waals surface area contributed by atoms with Gasteiger partial charge in [-0.25, -0.2) is 4.39 Å². The minimum absolute atomic E-state index is 0.155. The molecule has 1 aromatic heterocycles. The third-order valence-electron chi connectivity index (χ3n) is 2.61. The molecule has 0 spiro atoms. The predicted octanol–water partition coefficient (Wildman–Crippen LogP) is 3.24. The zero-order valence-corrected chi connectivity index (χ0v) is 9.83. The van der Waals surface area contributed by atoms with Crippen LogP contribution in [-0.2, 0) is 18.4 Å². The van der Waals surface area contributed by atoms with Gasteiger partial charge in [0.2, 0.25) is 0 Å². The zero-order chi connectivity index (χ0) is 11.7. The average molecular weight is 221 g/mol. The molecule has 0 unspecified atom stereocenters. The Balaban J connectivity index is 2.45. The van der Waals surface area contributed by atoms with Crippen molar-refractivity contribution in [3.05, 3.63) is 35.8 Å². The van der Waals surface area contributed by atoms with E-state index in [1.807, 2.05) is 37.7 Å². The van der Waals surface area contributed by atoms with Crippen LogP contribution in [-0.4, -0.2) is 10.7 Å². The second-order valence-corrected chi connectivity index (χ2v) is 4.26. The quantitative estimate of drug-likeness (QED) is 0.776. The molecular weight excluding hydrogens is 205 g/mol. The molecule has 1 aromatic carbocycles. The number of aromatic nitrogens is 1. The van der Waals surface area contributed by atoms with Gasteiger partial charge in [-0.05, 0) is 26.0 Å². The number of hydrogen-bond donors (Lipinski definition) is 0. The van der Waals surface area contributed by atoms with Crippen molar-refractivity contribution in [1.82, 2.24) is 4.57 Å². The second-order valence-electron chi connectivity index (χ2n) is 4.26. The molecule has 2 rings (SSSR count). The summed E-state index contributed by atoms with van der Waals surface area (Å²) in [4.78, 5) is 0. The fourth-order valence-corrected chi connectivity index (χ4v) is 1.86. The lowest BCUT2D eigenvalue weighted by atomic mass is 10.2. The van der Waals surface area contributed by atoms with Gasteiger partial charge >= 0.3 is 0 Å². The van der Waals surface area contributed by atoms with Crippen molar-refractivity contribution in [3.63, 3.8) is 0 Å². The van der Waals surface area contributed by atoms with Crippen molar-refractivity contribution in [2.75, 3.05) is 0 Å². The van der Waals surface area contributed by atoms with E-state index in [9.17, 15) is 4.39 Å². The molecule has 2 nitrogen and oxygen atoms in total. The first-order valence-corrected chi connectivity index (χ1v) is 5.43. The van der Waals surface area contributed by atoms with Gasteiger partial charge in [0, 0.05) is 24.2 Å². The maximum atomic E-state index is 13.7. The lowest BCUT2D eigenvalue weighted by Gasteiger charge is -2.06. The van der Waals surface area contributed by atoms with Crippen molar-refractivity contribution in [2.45, 2.75) is 26.6 Å². The third-order valence-corrected chi connectivity index (χ3v) is 2.61. The van der Waals surface area contributed by atoms with Crippen molar-refractivity contribution >= 4 is 10.9 Å². The average Bonchev–Trinajstić information content (AvgIpc) is 2.55. The Morgan fingerprint density at radius 3 is 2.81 bits per heavy atom. The summed E-state index contributed by atoms with van der Waals surface area (Å²) >= 11 is 0. The molecule has 0 amide bonds. The van der Waals surface area contributed by atoms with Gasteiger partial charge in [-0.2, -0.15) is 0 Å². The Labute approximate surface area is 94.6 Å². The number of rotatable bonds is 3. The topological polar surface area (TPSA) is 14.2 Å². The minimum Gasteiger partial charge on any atom is -0.374 e. The van der Waals surface area contributed by atoms with E-state index >= 15 is 0 Å². The van der Waals surface area contributed by atoms with Gasteiger partial charge in [0.15, 0.2) is 0 Å². The summed E-state index contributed by atoms with van der Waals surface area (Å²) in [5.74, 6) is -0.180. The summed E-state index contributed by atoms with van der Waals surface area (Å²) in [6.45, 7) is 4.40. The Bertz CT molecular complexity index is 502. The van der Waals surface area contributed by atoms with Gasteiger partial charge in [-0.3, -0.25) is 0 Å². The van der Waals surface area contributed by atoms with Gasteiger partial charge in [0.05, 0.1) is 18.2 Å². The van der Waals surface area contributed by atoms with Gasteiger partial charge in [0.25, 0.3) is 0 Å². The highest BCUT2D eigenvalue weighted by Gasteiger charge is 2.11. The molecule has 1 heterocycles. The molecular formula is C13H16FNO. The Morgan fingerprint density at radius 2 is 2.12 bits per heavy atom. The van der Waals surface area contributed by atoms with Gasteiger partial charge in [0.1, 0.15) is 5.82 Å². The van der Waals surface area contributed by atoms with Crippen LogP contribution in [0, 0.1) is 5.82 Å². The SMILES string of the molecule is CC(C)OCc1cn(C)c2cccc(F)c12. The number of hydrogen-bond acceptors (Lipinski definition) is 1. The Morgan fingerprint density at radius 1 is 1.38 bits per heavy atom. The number of benzene rings is 1. The largest absolute Gasteiger partial charge is 0.374 e. The number of nitrogens with zero attached hydrogens (tertiary/aromatic N) is 1. The van der Waals surface area contributed by atoms with Gasteiger partial charge in [-0.15, -0.1) is 0 Å². The highest BCUT2D eigenvalue weighted by molar-refractivity contribution is 5.84. The lowest BCUT2D eigenvalue weighted by Crippen LogP contribution is -2.02. The highest BCUT2D eigenvalue weighted by atomic mass is 19.1. The Hall–Kier alpha value is -1.35. The molecule has 0 saturated carbocycles. The summed E-state index contributed by atoms with van der Waals surface area (Å²) in [5, 5.41) is 0.672. The molecule has 3 heteroatoms. The molecule has 0 bridgehead atoms. The van der Waals surface area contributed by atoms with Crippen LogP contribution in [0.1, 0.15) is 19.4 Å². The van der Waals surface area contributed by atoms with Gasteiger partial charge < -0.3 is 9.30 Å². The van der Waals surface area contributed by atoms with Crippen molar-refractivity contribution in [1.29, 1.82) is 0 Å². The predicted molar refractivity (Wildman–Crippen MR) is 62.8 cm³/mol. The van der Waals surface area contributed by atoms with E-state index in [0.717, 1.165) is 11.1 Å². The first kappa shape index (κ1) is 11.1. The summed E-state index contributed by atoms with van der Waals surface area (Å²) in [7, 11) is 1.92. The van der Waals surface area contributed by atoms with E-state index < -0.39 is 0 Å². The maximum absolute atomic E-state index is 13.7. The van der Waals surface area contributed by atoms with Crippen molar-refractivity contribution in [2.24, 2.45) is 7.05 Å². The molecule has 0 saturated heterocycles. The normalized spacial score (nSPS) is 11.6. The molecule has 0 fully saturated rings. The highest BCUT2D eigenvalue weighted by Crippen LogP contribution is 2.24. The smallest absolute Gasteiger partial charge is 0.132 e. The molecule has 2 aromatic rings. The molecule has 86 valence electrons. The number of fused-ring (bicyclic) bond motifs is 1. The first-order valence-electron chi connectivity index (χ1n) is 5.43. The van der Waals surface area contributed by atoms with Crippen molar-refractivity contribution < 1.29 is 9.13 Å². The number of aryl methyl sites for hydroxylation is 1. The molecule has 0 aliphatic carbocycles. The zero-order valence-electron chi connectivity index (χ0n) is 9.83. The summed E-state index contributed by atoms with van der Waals surface area (Å²) in [6, 6.07) is 5.13. The van der Waals surface area contributed by atoms with Gasteiger partial charge in [-0.1, -0.05) is 6.07 Å². The molecule has 0 atom stereocenters. The van der Waals surface area contributed by atoms with Crippen LogP contribution in [0.25, 0.3) is 10.9 Å². The van der Waals surface area contributed by atoms with E-state index in [4.69, 9.17) is 4.74 Å². The van der Waals surface area contributed by atoms with E-state index in [1.165, 1.54) is 6.07 Å². The number of halogens is 1. The molecule has 0 aliphatic heterocycles. The standard InChI is InChI=1S/C13H16FNO/c1-9(2)16-8-10-7-15(3)12-6-4-5-11(14)13(10)12/h4-7,9H,8H2,1-3H3. The van der Waals surface area contributed by atoms with Crippen LogP contribution in [0.4, 0.5) is 4.39 Å². The van der Waals surface area contributed by atoms with Crippen molar-refractivity contribution in [3.8, 4) is 0 Å². The van der Waals surface area contributed by atoms with E-state index in [1.54, 1.807) is 6.07 Å². The summed E-state index contributed by atoms with van der Waals surface area (Å²) in [6.07, 6.45) is 2.08. The van der Waals surface area contributed by atoms with Crippen LogP contribution < -0.4 is 0 Å². The maximum Gasteiger partial charge on any atom is 0.132 e. The second kappa shape index (κ2) is 4.26. The van der Waals surface area contributed by atoms with Crippen LogP contribution in [0.5, 0.6) is 0 Å². The summed E-state index contributed by atoms with van der Waals surface area (Å²) in [5.41, 5.74) is 1.81. The van der Waals surface area contributed by atoms with Crippen LogP contribution in [0.2, 0.25) is 0 Å². The molecule has 0 aliphatic rings. The third kappa shape index (κ3) is 1.95. The molecule has 0 N–H and O–H groups in total. The Kier molecular flexibility index (Phi) is 2.97. The lowest BCUT2D eigenvalue weighted by molar-refractivity contribution is 0.0662. The fraction of sp³-hybridized carbons (Fsp3) is 0.385. The fourth-order valence-electron chi connectivity index (χ4n) is 1.86. The van der Waals surface area contributed by atoms with Crippen LogP contribution >= 0.6 is 0 Å². The first-order chi connectivity index (χ1) is 7.59. The minimum atomic E-state index is -0.180. The van der Waals surface area contributed by atoms with E-state index in [2.05, 4.69) is 0 Å². The molecule has 0 radical (unpaired) electrons. The van der Waals surface area contributed by atoms with Crippen LogP contribution in [0.3, 0.4) is 0 Å². The monoisotopic (exact) mass is 221 g/mol. The van der Waals surface area contributed by atoms with Crippen LogP contribution in [0.15, 0.2) is 24.4 Å². The summed E-state index contributed by atoms with van der Waals surface area (Å²) < 4.78 is 21.2. The molecule has 16 heavy (non-hydrogen) atoms.